The van der Waals surface area contributed by atoms with Crippen LogP contribution in [0.3, 0.4) is 0 Å². The molecule has 3 unspecified atom stereocenters. The van der Waals surface area contributed by atoms with Gasteiger partial charge < -0.3 is 19.7 Å². The minimum absolute atomic E-state index is 0.0735. The van der Waals surface area contributed by atoms with Gasteiger partial charge in [-0.05, 0) is 79.2 Å². The van der Waals surface area contributed by atoms with Crippen LogP contribution in [0.2, 0.25) is 0 Å². The van der Waals surface area contributed by atoms with Crippen molar-refractivity contribution in [3.05, 3.63) is 65.2 Å². The number of hydrogen-bond acceptors (Lipinski definition) is 4. The fourth-order valence-corrected chi connectivity index (χ4v) is 6.71. The summed E-state index contributed by atoms with van der Waals surface area (Å²) in [6.45, 7) is 2.77. The first-order valence-corrected chi connectivity index (χ1v) is 11.8. The first-order valence-electron chi connectivity index (χ1n) is 11.8. The van der Waals surface area contributed by atoms with Crippen molar-refractivity contribution in [3.63, 3.8) is 0 Å². The summed E-state index contributed by atoms with van der Waals surface area (Å²) < 4.78 is 12.2. The maximum atomic E-state index is 11.8. The van der Waals surface area contributed by atoms with Crippen LogP contribution in [0, 0.1) is 23.7 Å². The molecular formula is C27H30O6. The number of ether oxygens (including phenoxy) is 2. The molecule has 0 bridgehead atoms. The van der Waals surface area contributed by atoms with Crippen molar-refractivity contribution in [1.29, 1.82) is 0 Å². The summed E-state index contributed by atoms with van der Waals surface area (Å²) in [4.78, 5) is 23.6. The van der Waals surface area contributed by atoms with E-state index in [-0.39, 0.29) is 18.4 Å². The topological polar surface area (TPSA) is 93.1 Å². The zero-order valence-electron chi connectivity index (χ0n) is 18.8. The molecule has 5 rings (SSSR count). The molecule has 5 atom stereocenters. The summed E-state index contributed by atoms with van der Waals surface area (Å²) >= 11 is 0. The normalized spacial score (nSPS) is 30.2. The quantitative estimate of drug-likeness (QED) is 0.629. The molecule has 0 radical (unpaired) electrons. The van der Waals surface area contributed by atoms with Crippen LogP contribution in [0.5, 0.6) is 5.75 Å². The predicted molar refractivity (Wildman–Crippen MR) is 121 cm³/mol. The van der Waals surface area contributed by atoms with Crippen LogP contribution in [0.4, 0.5) is 0 Å². The summed E-state index contributed by atoms with van der Waals surface area (Å²) in [6.07, 6.45) is 3.56. The molecule has 33 heavy (non-hydrogen) atoms. The van der Waals surface area contributed by atoms with E-state index in [1.54, 1.807) is 0 Å². The highest BCUT2D eigenvalue weighted by Gasteiger charge is 2.59. The number of fused-ring (bicyclic) bond motifs is 5. The average molecular weight is 451 g/mol. The van der Waals surface area contributed by atoms with E-state index >= 15 is 0 Å². The van der Waals surface area contributed by atoms with Crippen LogP contribution in [0.15, 0.2) is 48.5 Å². The van der Waals surface area contributed by atoms with Gasteiger partial charge in [-0.25, -0.2) is 0 Å². The summed E-state index contributed by atoms with van der Waals surface area (Å²) in [5.74, 6) is -3.16. The van der Waals surface area contributed by atoms with E-state index in [0.29, 0.717) is 12.5 Å². The van der Waals surface area contributed by atoms with Gasteiger partial charge >= 0.3 is 11.9 Å². The summed E-state index contributed by atoms with van der Waals surface area (Å²) in [5, 5.41) is 19.3. The molecule has 1 aliphatic heterocycles. The first kappa shape index (κ1) is 22.0. The maximum absolute atomic E-state index is 11.8. The Labute approximate surface area is 193 Å². The monoisotopic (exact) mass is 450 g/mol. The third-order valence-corrected chi connectivity index (χ3v) is 8.17. The molecule has 6 nitrogen and oxygen atoms in total. The van der Waals surface area contributed by atoms with E-state index in [1.807, 2.05) is 43.3 Å². The van der Waals surface area contributed by atoms with Gasteiger partial charge in [0.1, 0.15) is 12.4 Å². The van der Waals surface area contributed by atoms with Crippen molar-refractivity contribution in [1.82, 2.24) is 0 Å². The lowest BCUT2D eigenvalue weighted by Gasteiger charge is -2.49. The number of carboxylic acid groups (broad SMARTS) is 2. The zero-order valence-corrected chi connectivity index (χ0v) is 18.8. The van der Waals surface area contributed by atoms with E-state index in [2.05, 4.69) is 12.1 Å². The number of carboxylic acids is 2. The minimum Gasteiger partial charge on any atom is -0.489 e. The molecule has 0 amide bonds. The molecule has 0 aromatic heterocycles. The van der Waals surface area contributed by atoms with Crippen LogP contribution >= 0.6 is 0 Å². The van der Waals surface area contributed by atoms with Crippen molar-refractivity contribution in [2.45, 2.75) is 50.7 Å². The highest BCUT2D eigenvalue weighted by molar-refractivity contribution is 5.93. The van der Waals surface area contributed by atoms with E-state index in [1.165, 1.54) is 11.1 Å². The van der Waals surface area contributed by atoms with Crippen LogP contribution in [0.1, 0.15) is 48.8 Å². The summed E-state index contributed by atoms with van der Waals surface area (Å²) in [5.41, 5.74) is 3.26. The Hall–Kier alpha value is -2.86. The van der Waals surface area contributed by atoms with Crippen molar-refractivity contribution in [2.75, 3.05) is 6.61 Å². The molecule has 6 heteroatoms. The third-order valence-electron chi connectivity index (χ3n) is 8.17. The minimum atomic E-state index is -1.43. The van der Waals surface area contributed by atoms with Gasteiger partial charge in [0.2, 0.25) is 0 Å². The summed E-state index contributed by atoms with van der Waals surface area (Å²) in [6, 6.07) is 16.4. The van der Waals surface area contributed by atoms with Crippen molar-refractivity contribution in [2.24, 2.45) is 23.7 Å². The maximum Gasteiger partial charge on any atom is 0.318 e. The molecule has 174 valence electrons. The molecule has 1 saturated carbocycles. The number of hydrogen-bond donors (Lipinski definition) is 2. The fourth-order valence-electron chi connectivity index (χ4n) is 6.71. The van der Waals surface area contributed by atoms with Gasteiger partial charge in [-0.1, -0.05) is 36.4 Å². The Kier molecular flexibility index (Phi) is 5.65. The van der Waals surface area contributed by atoms with Crippen molar-refractivity contribution in [3.8, 4) is 5.75 Å². The molecule has 2 aliphatic carbocycles. The van der Waals surface area contributed by atoms with Crippen LogP contribution in [0.25, 0.3) is 0 Å². The zero-order chi connectivity index (χ0) is 23.2. The Morgan fingerprint density at radius 1 is 1.12 bits per heavy atom. The molecule has 1 heterocycles. The first-order chi connectivity index (χ1) is 15.9. The van der Waals surface area contributed by atoms with Gasteiger partial charge in [-0.15, -0.1) is 0 Å². The average Bonchev–Trinajstić information content (AvgIpc) is 3.14. The Morgan fingerprint density at radius 2 is 1.88 bits per heavy atom. The lowest BCUT2D eigenvalue weighted by Crippen LogP contribution is -2.49. The van der Waals surface area contributed by atoms with Crippen LogP contribution < -0.4 is 4.74 Å². The van der Waals surface area contributed by atoms with Crippen molar-refractivity contribution < 1.29 is 29.3 Å². The number of aryl methyl sites for hydroxylation is 1. The molecular weight excluding hydrogens is 420 g/mol. The van der Waals surface area contributed by atoms with Gasteiger partial charge in [0, 0.05) is 5.92 Å². The van der Waals surface area contributed by atoms with Gasteiger partial charge in [0.05, 0.1) is 12.2 Å². The lowest BCUT2D eigenvalue weighted by atomic mass is 9.55. The van der Waals surface area contributed by atoms with E-state index in [9.17, 15) is 19.8 Å². The number of rotatable bonds is 6. The predicted octanol–water partition coefficient (Wildman–Crippen LogP) is 4.51. The van der Waals surface area contributed by atoms with Crippen LogP contribution in [-0.2, 0) is 27.4 Å². The number of benzene rings is 2. The molecule has 2 N–H and O–H groups in total. The SMILES string of the molecule is C[C@]12CCC3c4ccc(OCc5ccccc5)cc4CCC3C1[C@@H](C(C(=O)O)C(=O)O)CO2. The second-order valence-corrected chi connectivity index (χ2v) is 9.95. The smallest absolute Gasteiger partial charge is 0.318 e. The van der Waals surface area contributed by atoms with Gasteiger partial charge in [0.15, 0.2) is 5.92 Å². The largest absolute Gasteiger partial charge is 0.489 e. The fraction of sp³-hybridized carbons (Fsp3) is 0.481. The lowest BCUT2D eigenvalue weighted by molar-refractivity contribution is -0.158. The number of aliphatic carboxylic acids is 2. The van der Waals surface area contributed by atoms with Crippen molar-refractivity contribution >= 4 is 11.9 Å². The van der Waals surface area contributed by atoms with Gasteiger partial charge in [-0.2, -0.15) is 0 Å². The standard InChI is InChI=1S/C27H30O6/c1-27-12-11-20-19-10-8-18(32-14-16-5-3-2-4-6-16)13-17(19)7-9-21(20)24(27)22(15-33-27)23(25(28)29)26(30)31/h2-6,8,10,13,20-24H,7,9,11-12,14-15H2,1H3,(H,28,29)(H,30,31)/t20?,21?,22-,24?,27+/m1/s1. The van der Waals surface area contributed by atoms with Crippen LogP contribution in [-0.4, -0.2) is 34.4 Å². The molecule has 3 aliphatic rings. The molecule has 2 fully saturated rings. The molecule has 0 spiro atoms. The second kappa shape index (κ2) is 8.49. The Bertz CT molecular complexity index is 1040. The van der Waals surface area contributed by atoms with E-state index in [0.717, 1.165) is 37.0 Å². The number of carbonyl (C=O) groups is 2. The van der Waals surface area contributed by atoms with E-state index < -0.39 is 29.4 Å². The van der Waals surface area contributed by atoms with E-state index in [4.69, 9.17) is 9.47 Å². The molecule has 2 aromatic rings. The highest BCUT2D eigenvalue weighted by atomic mass is 16.5. The van der Waals surface area contributed by atoms with Gasteiger partial charge in [0.25, 0.3) is 0 Å². The Morgan fingerprint density at radius 3 is 2.61 bits per heavy atom. The highest BCUT2D eigenvalue weighted by Crippen LogP contribution is 2.58. The Balaban J connectivity index is 1.38. The molecule has 2 aromatic carbocycles. The second-order valence-electron chi connectivity index (χ2n) is 9.95. The third kappa shape index (κ3) is 3.90. The summed E-state index contributed by atoms with van der Waals surface area (Å²) in [7, 11) is 0. The molecule has 1 saturated heterocycles. The van der Waals surface area contributed by atoms with Gasteiger partial charge in [-0.3, -0.25) is 9.59 Å².